The van der Waals surface area contributed by atoms with Crippen LogP contribution in [-0.2, 0) is 25.7 Å². The summed E-state index contributed by atoms with van der Waals surface area (Å²) in [5, 5.41) is 21.7. The van der Waals surface area contributed by atoms with Crippen LogP contribution in [0.3, 0.4) is 0 Å². The first-order valence-corrected chi connectivity index (χ1v) is 12.3. The molecule has 0 bridgehead atoms. The highest BCUT2D eigenvalue weighted by Crippen LogP contribution is 2.36. The summed E-state index contributed by atoms with van der Waals surface area (Å²) in [4.78, 5) is 19.1. The fourth-order valence-electron chi connectivity index (χ4n) is 4.81. The summed E-state index contributed by atoms with van der Waals surface area (Å²) in [6, 6.07) is 15.4. The fraction of sp³-hybridized carbons (Fsp3) is 0.207. The number of pyridine rings is 1. The van der Waals surface area contributed by atoms with Gasteiger partial charge in [-0.15, -0.1) is 12.4 Å². The summed E-state index contributed by atoms with van der Waals surface area (Å²) in [6.07, 6.45) is 1.31. The smallest absolute Gasteiger partial charge is 0.416 e. The Bertz CT molecular complexity index is 1610. The van der Waals surface area contributed by atoms with Crippen LogP contribution < -0.4 is 5.32 Å². The van der Waals surface area contributed by atoms with Gasteiger partial charge < -0.3 is 10.4 Å². The van der Waals surface area contributed by atoms with Gasteiger partial charge in [0.05, 0.1) is 22.7 Å². The maximum atomic E-state index is 13.6. The van der Waals surface area contributed by atoms with E-state index < -0.39 is 17.8 Å². The van der Waals surface area contributed by atoms with Crippen molar-refractivity contribution >= 4 is 35.4 Å². The molecule has 4 aromatic rings. The highest BCUT2D eigenvalue weighted by molar-refractivity contribution is 5.96. The molecule has 0 unspecified atom stereocenters. The van der Waals surface area contributed by atoms with E-state index in [0.717, 1.165) is 17.7 Å². The standard InChI is InChI=1S/C29H24F3N5O2.ClH/c30-29(31,32)22-7-8-25-23(15-22)24-18-36(12-1-2-19-3-5-20(16-33)6-4-19)13-10-26(24)37(25)28(39)35-17-21-9-11-34-27(38)14-21;/h1-9,11,14-15H,10,12-13,17-18H2,(H,34,38)(H,35,39);1H/b2-1+;. The molecule has 0 spiro atoms. The minimum absolute atomic E-state index is 0. The maximum Gasteiger partial charge on any atom is 0.416 e. The number of rotatable bonds is 5. The van der Waals surface area contributed by atoms with E-state index >= 15 is 0 Å². The summed E-state index contributed by atoms with van der Waals surface area (Å²) in [7, 11) is 0. The van der Waals surface area contributed by atoms with Crippen LogP contribution in [-0.4, -0.2) is 38.7 Å². The van der Waals surface area contributed by atoms with Crippen molar-refractivity contribution in [1.29, 1.82) is 5.26 Å². The van der Waals surface area contributed by atoms with Gasteiger partial charge >= 0.3 is 12.2 Å². The van der Waals surface area contributed by atoms with E-state index in [1.807, 2.05) is 24.3 Å². The molecule has 0 radical (unpaired) electrons. The summed E-state index contributed by atoms with van der Waals surface area (Å²) >= 11 is 0. The number of nitriles is 1. The maximum absolute atomic E-state index is 13.6. The molecular weight excluding hydrogens is 543 g/mol. The largest absolute Gasteiger partial charge is 0.493 e. The number of nitrogens with zero attached hydrogens (tertiary/aromatic N) is 4. The lowest BCUT2D eigenvalue weighted by molar-refractivity contribution is -0.137. The lowest BCUT2D eigenvalue weighted by Gasteiger charge is -2.27. The van der Waals surface area contributed by atoms with Gasteiger partial charge in [0, 0.05) is 55.9 Å². The molecule has 2 N–H and O–H groups in total. The summed E-state index contributed by atoms with van der Waals surface area (Å²) in [5.41, 5.74) is 3.20. The number of amides is 1. The van der Waals surface area contributed by atoms with E-state index in [0.29, 0.717) is 59.3 Å². The number of hydrogen-bond acceptors (Lipinski definition) is 5. The van der Waals surface area contributed by atoms with E-state index in [-0.39, 0.29) is 24.8 Å². The topological polar surface area (TPSA) is 94.2 Å². The van der Waals surface area contributed by atoms with E-state index in [1.54, 1.807) is 18.2 Å². The van der Waals surface area contributed by atoms with E-state index in [2.05, 4.69) is 21.3 Å². The number of aromatic hydroxyl groups is 1. The molecule has 0 saturated carbocycles. The van der Waals surface area contributed by atoms with E-state index in [1.165, 1.54) is 22.9 Å². The second kappa shape index (κ2) is 11.8. The van der Waals surface area contributed by atoms with Gasteiger partial charge in [0.25, 0.3) is 0 Å². The molecule has 0 aliphatic carbocycles. The molecule has 3 heterocycles. The Balaban J connectivity index is 0.00000370. The van der Waals surface area contributed by atoms with Crippen LogP contribution in [0, 0.1) is 11.3 Å². The van der Waals surface area contributed by atoms with Crippen LogP contribution in [0.2, 0.25) is 0 Å². The average Bonchev–Trinajstić information content (AvgIpc) is 3.25. The zero-order valence-corrected chi connectivity index (χ0v) is 22.0. The number of alkyl halides is 3. The van der Waals surface area contributed by atoms with Crippen LogP contribution in [0.1, 0.15) is 33.5 Å². The van der Waals surface area contributed by atoms with Crippen LogP contribution in [0.5, 0.6) is 5.88 Å². The van der Waals surface area contributed by atoms with Gasteiger partial charge in [0.15, 0.2) is 0 Å². The Hall–Kier alpha value is -4.33. The van der Waals surface area contributed by atoms with Gasteiger partial charge in [-0.05, 0) is 53.1 Å². The minimum atomic E-state index is -4.51. The number of carbonyl (C=O) groups is 1. The third-order valence-corrected chi connectivity index (χ3v) is 6.73. The second-order valence-corrected chi connectivity index (χ2v) is 9.29. The predicted molar refractivity (Wildman–Crippen MR) is 147 cm³/mol. The van der Waals surface area contributed by atoms with Gasteiger partial charge in [-0.1, -0.05) is 24.3 Å². The van der Waals surface area contributed by atoms with Crippen molar-refractivity contribution in [3.63, 3.8) is 0 Å². The van der Waals surface area contributed by atoms with Crippen LogP contribution in [0.25, 0.3) is 17.0 Å². The Morgan fingerprint density at radius 3 is 2.62 bits per heavy atom. The highest BCUT2D eigenvalue weighted by atomic mass is 35.5. The van der Waals surface area contributed by atoms with Crippen molar-refractivity contribution < 1.29 is 23.1 Å². The molecule has 206 valence electrons. The number of hydrogen-bond donors (Lipinski definition) is 2. The minimum Gasteiger partial charge on any atom is -0.493 e. The predicted octanol–water partition coefficient (Wildman–Crippen LogP) is 5.88. The lowest BCUT2D eigenvalue weighted by atomic mass is 10.0. The molecule has 0 atom stereocenters. The number of halogens is 4. The van der Waals surface area contributed by atoms with Crippen molar-refractivity contribution in [3.8, 4) is 11.9 Å². The van der Waals surface area contributed by atoms with E-state index in [4.69, 9.17) is 5.26 Å². The van der Waals surface area contributed by atoms with Crippen LogP contribution >= 0.6 is 12.4 Å². The first-order valence-electron chi connectivity index (χ1n) is 12.3. The zero-order valence-electron chi connectivity index (χ0n) is 21.2. The summed E-state index contributed by atoms with van der Waals surface area (Å²) in [6.45, 7) is 1.71. The van der Waals surface area contributed by atoms with Crippen LogP contribution in [0.4, 0.5) is 18.0 Å². The molecule has 2 aromatic carbocycles. The van der Waals surface area contributed by atoms with Crippen molar-refractivity contribution in [2.24, 2.45) is 0 Å². The van der Waals surface area contributed by atoms with Crippen molar-refractivity contribution in [2.75, 3.05) is 13.1 Å². The molecule has 40 heavy (non-hydrogen) atoms. The Labute approximate surface area is 234 Å². The van der Waals surface area contributed by atoms with E-state index in [9.17, 15) is 23.1 Å². The molecule has 1 aliphatic heterocycles. The molecule has 1 amide bonds. The van der Waals surface area contributed by atoms with Crippen molar-refractivity contribution in [1.82, 2.24) is 19.8 Å². The third kappa shape index (κ3) is 6.11. The molecule has 11 heteroatoms. The van der Waals surface area contributed by atoms with Gasteiger partial charge in [-0.3, -0.25) is 9.47 Å². The zero-order chi connectivity index (χ0) is 27.6. The molecule has 1 aliphatic rings. The summed E-state index contributed by atoms with van der Waals surface area (Å²) < 4.78 is 42.1. The first-order chi connectivity index (χ1) is 18.7. The second-order valence-electron chi connectivity index (χ2n) is 9.29. The number of benzene rings is 2. The third-order valence-electron chi connectivity index (χ3n) is 6.73. The van der Waals surface area contributed by atoms with Crippen LogP contribution in [0.15, 0.2) is 66.9 Å². The number of aromatic nitrogens is 2. The monoisotopic (exact) mass is 567 g/mol. The normalized spacial score (nSPS) is 13.6. The first kappa shape index (κ1) is 28.7. The Kier molecular flexibility index (Phi) is 8.47. The molecule has 2 aromatic heterocycles. The highest BCUT2D eigenvalue weighted by Gasteiger charge is 2.33. The number of carbonyl (C=O) groups excluding carboxylic acids is 1. The Morgan fingerprint density at radius 1 is 1.15 bits per heavy atom. The molecule has 0 saturated heterocycles. The van der Waals surface area contributed by atoms with Crippen molar-refractivity contribution in [3.05, 3.63) is 100 Å². The van der Waals surface area contributed by atoms with Gasteiger partial charge in [0.1, 0.15) is 0 Å². The fourth-order valence-corrected chi connectivity index (χ4v) is 4.81. The van der Waals surface area contributed by atoms with Gasteiger partial charge in [-0.25, -0.2) is 9.78 Å². The average molecular weight is 568 g/mol. The molecular formula is C29H25ClF3N5O2. The SMILES string of the molecule is Cl.N#Cc1ccc(/C=C/CN2CCc3c(c4cc(C(F)(F)F)ccc4n3C(=O)NCc3ccnc(O)c3)C2)cc1. The lowest BCUT2D eigenvalue weighted by Crippen LogP contribution is -2.34. The Morgan fingerprint density at radius 2 is 1.93 bits per heavy atom. The molecule has 7 nitrogen and oxygen atoms in total. The molecule has 5 rings (SSSR count). The quantitative estimate of drug-likeness (QED) is 0.314. The summed E-state index contributed by atoms with van der Waals surface area (Å²) in [5.74, 6) is -0.168. The number of fused-ring (bicyclic) bond motifs is 3. The van der Waals surface area contributed by atoms with Gasteiger partial charge in [0.2, 0.25) is 5.88 Å². The molecule has 0 fully saturated rings. The van der Waals surface area contributed by atoms with Gasteiger partial charge in [-0.2, -0.15) is 18.4 Å². The van der Waals surface area contributed by atoms with Crippen molar-refractivity contribution in [2.45, 2.75) is 25.7 Å². The number of nitrogens with one attached hydrogen (secondary N) is 1.